The van der Waals surface area contributed by atoms with Gasteiger partial charge in [0, 0.05) is 17.7 Å². The summed E-state index contributed by atoms with van der Waals surface area (Å²) in [7, 11) is 1.62. The third kappa shape index (κ3) is 2.47. The maximum absolute atomic E-state index is 12.3. The zero-order valence-corrected chi connectivity index (χ0v) is 12.0. The highest BCUT2D eigenvalue weighted by Crippen LogP contribution is 2.30. The monoisotopic (exact) mass is 273 g/mol. The van der Waals surface area contributed by atoms with E-state index in [9.17, 15) is 9.90 Å². The van der Waals surface area contributed by atoms with Gasteiger partial charge in [-0.25, -0.2) is 0 Å². The van der Waals surface area contributed by atoms with Gasteiger partial charge in [0.15, 0.2) is 0 Å². The van der Waals surface area contributed by atoms with Crippen molar-refractivity contribution in [3.8, 4) is 17.0 Å². The third-order valence-corrected chi connectivity index (χ3v) is 3.37. The molecule has 1 aromatic heterocycles. The van der Waals surface area contributed by atoms with Gasteiger partial charge in [0.25, 0.3) is 5.56 Å². The van der Waals surface area contributed by atoms with Gasteiger partial charge < -0.3 is 14.4 Å². The highest BCUT2D eigenvalue weighted by molar-refractivity contribution is 5.68. The molecule has 0 amide bonds. The van der Waals surface area contributed by atoms with Gasteiger partial charge in [0.1, 0.15) is 5.75 Å². The smallest absolute Gasteiger partial charge is 0.256 e. The molecule has 1 heterocycles. The van der Waals surface area contributed by atoms with Crippen molar-refractivity contribution in [1.29, 1.82) is 0 Å². The van der Waals surface area contributed by atoms with Crippen molar-refractivity contribution < 1.29 is 9.84 Å². The number of rotatable bonds is 4. The minimum absolute atomic E-state index is 0.156. The summed E-state index contributed by atoms with van der Waals surface area (Å²) in [6.45, 7) is 4.21. The number of aliphatic hydroxyl groups excluding tert-OH is 1. The van der Waals surface area contributed by atoms with Crippen LogP contribution < -0.4 is 10.3 Å². The Morgan fingerprint density at radius 1 is 1.25 bits per heavy atom. The Morgan fingerprint density at radius 3 is 2.60 bits per heavy atom. The average Bonchev–Trinajstić information content (AvgIpc) is 2.46. The Labute approximate surface area is 118 Å². The van der Waals surface area contributed by atoms with Crippen LogP contribution in [0.15, 0.2) is 35.1 Å². The van der Waals surface area contributed by atoms with Crippen LogP contribution in [0.25, 0.3) is 11.3 Å². The molecule has 4 nitrogen and oxygen atoms in total. The Balaban J connectivity index is 2.73. The molecule has 0 fully saturated rings. The molecule has 2 aromatic rings. The van der Waals surface area contributed by atoms with Crippen LogP contribution in [0.5, 0.6) is 5.75 Å². The summed E-state index contributed by atoms with van der Waals surface area (Å²) in [4.78, 5) is 12.3. The number of methoxy groups -OCH3 is 1. The molecule has 0 radical (unpaired) electrons. The van der Waals surface area contributed by atoms with E-state index in [0.717, 1.165) is 22.6 Å². The second-order valence-corrected chi connectivity index (χ2v) is 4.66. The molecule has 1 aromatic carbocycles. The van der Waals surface area contributed by atoms with Crippen molar-refractivity contribution in [1.82, 2.24) is 4.57 Å². The molecule has 0 aliphatic rings. The predicted molar refractivity (Wildman–Crippen MR) is 79.0 cm³/mol. The van der Waals surface area contributed by atoms with Gasteiger partial charge >= 0.3 is 0 Å². The van der Waals surface area contributed by atoms with Crippen LogP contribution in [0.3, 0.4) is 0 Å². The maximum atomic E-state index is 12.3. The molecule has 0 saturated heterocycles. The minimum Gasteiger partial charge on any atom is -0.496 e. The van der Waals surface area contributed by atoms with E-state index >= 15 is 0 Å². The summed E-state index contributed by atoms with van der Waals surface area (Å²) >= 11 is 0. The van der Waals surface area contributed by atoms with Gasteiger partial charge in [0.2, 0.25) is 0 Å². The first kappa shape index (κ1) is 14.3. The van der Waals surface area contributed by atoms with E-state index in [0.29, 0.717) is 12.1 Å². The molecule has 4 heteroatoms. The van der Waals surface area contributed by atoms with Crippen LogP contribution in [-0.2, 0) is 13.2 Å². The first-order valence-electron chi connectivity index (χ1n) is 6.61. The number of aryl methyl sites for hydroxylation is 1. The zero-order valence-electron chi connectivity index (χ0n) is 12.0. The second kappa shape index (κ2) is 5.92. The lowest BCUT2D eigenvalue weighted by Crippen LogP contribution is -2.24. The van der Waals surface area contributed by atoms with E-state index in [2.05, 4.69) is 0 Å². The molecular formula is C16H19NO3. The molecule has 0 bridgehead atoms. The summed E-state index contributed by atoms with van der Waals surface area (Å²) in [6, 6.07) is 9.39. The van der Waals surface area contributed by atoms with E-state index in [1.807, 2.05) is 38.1 Å². The average molecular weight is 273 g/mol. The SMILES string of the molecule is CCn1c(-c2cc(C)ccc2OC)ccc(CO)c1=O. The van der Waals surface area contributed by atoms with Crippen LogP contribution >= 0.6 is 0 Å². The molecule has 20 heavy (non-hydrogen) atoms. The van der Waals surface area contributed by atoms with Crippen molar-refractivity contribution in [2.75, 3.05) is 7.11 Å². The topological polar surface area (TPSA) is 51.5 Å². The van der Waals surface area contributed by atoms with E-state index < -0.39 is 0 Å². The van der Waals surface area contributed by atoms with E-state index in [4.69, 9.17) is 4.74 Å². The highest BCUT2D eigenvalue weighted by atomic mass is 16.5. The standard InChI is InChI=1S/C16H19NO3/c1-4-17-14(7-6-12(10-18)16(17)19)13-9-11(2)5-8-15(13)20-3/h5-9,18H,4,10H2,1-3H3. The summed E-state index contributed by atoms with van der Waals surface area (Å²) < 4.78 is 7.04. The van der Waals surface area contributed by atoms with Gasteiger partial charge in [0.05, 0.1) is 19.4 Å². The fraction of sp³-hybridized carbons (Fsp3) is 0.312. The van der Waals surface area contributed by atoms with Crippen molar-refractivity contribution in [2.24, 2.45) is 0 Å². The Bertz CT molecular complexity index is 674. The van der Waals surface area contributed by atoms with Crippen molar-refractivity contribution in [3.05, 3.63) is 51.8 Å². The molecule has 1 N–H and O–H groups in total. The number of ether oxygens (including phenoxy) is 1. The molecule has 2 rings (SSSR count). The lowest BCUT2D eigenvalue weighted by molar-refractivity contribution is 0.279. The summed E-state index contributed by atoms with van der Waals surface area (Å²) in [5.74, 6) is 0.731. The molecule has 0 unspecified atom stereocenters. The van der Waals surface area contributed by atoms with Gasteiger partial charge in [-0.1, -0.05) is 11.6 Å². The molecular weight excluding hydrogens is 254 g/mol. The number of hydrogen-bond donors (Lipinski definition) is 1. The number of aromatic nitrogens is 1. The lowest BCUT2D eigenvalue weighted by Gasteiger charge is -2.15. The molecule has 0 saturated carbocycles. The molecule has 0 aliphatic heterocycles. The fourth-order valence-electron chi connectivity index (χ4n) is 2.31. The van der Waals surface area contributed by atoms with Crippen molar-refractivity contribution >= 4 is 0 Å². The maximum Gasteiger partial charge on any atom is 0.256 e. The number of pyridine rings is 1. The Hall–Kier alpha value is -2.07. The highest BCUT2D eigenvalue weighted by Gasteiger charge is 2.13. The third-order valence-electron chi connectivity index (χ3n) is 3.37. The predicted octanol–water partition coefficient (Wildman–Crippen LogP) is 2.34. The number of benzene rings is 1. The summed E-state index contributed by atoms with van der Waals surface area (Å²) in [6.07, 6.45) is 0. The van der Waals surface area contributed by atoms with E-state index in [1.54, 1.807) is 17.7 Å². The van der Waals surface area contributed by atoms with E-state index in [1.165, 1.54) is 0 Å². The first-order valence-corrected chi connectivity index (χ1v) is 6.61. The Morgan fingerprint density at radius 2 is 2.00 bits per heavy atom. The van der Waals surface area contributed by atoms with Crippen LogP contribution in [0.2, 0.25) is 0 Å². The number of hydrogen-bond acceptors (Lipinski definition) is 3. The molecule has 106 valence electrons. The largest absolute Gasteiger partial charge is 0.496 e. The van der Waals surface area contributed by atoms with Crippen LogP contribution in [0.1, 0.15) is 18.1 Å². The number of aliphatic hydroxyl groups is 1. The van der Waals surface area contributed by atoms with Gasteiger partial charge in [-0.05, 0) is 38.1 Å². The van der Waals surface area contributed by atoms with Gasteiger partial charge in [-0.3, -0.25) is 4.79 Å². The lowest BCUT2D eigenvalue weighted by atomic mass is 10.1. The quantitative estimate of drug-likeness (QED) is 0.930. The van der Waals surface area contributed by atoms with Crippen LogP contribution in [-0.4, -0.2) is 16.8 Å². The van der Waals surface area contributed by atoms with Gasteiger partial charge in [-0.2, -0.15) is 0 Å². The van der Waals surface area contributed by atoms with Gasteiger partial charge in [-0.15, -0.1) is 0 Å². The van der Waals surface area contributed by atoms with Crippen LogP contribution in [0, 0.1) is 6.92 Å². The van der Waals surface area contributed by atoms with Crippen molar-refractivity contribution in [3.63, 3.8) is 0 Å². The normalized spacial score (nSPS) is 10.6. The number of nitrogens with zero attached hydrogens (tertiary/aromatic N) is 1. The second-order valence-electron chi connectivity index (χ2n) is 4.66. The summed E-state index contributed by atoms with van der Waals surface area (Å²) in [5, 5.41) is 9.21. The van der Waals surface area contributed by atoms with Crippen LogP contribution in [0.4, 0.5) is 0 Å². The minimum atomic E-state index is -0.246. The Kier molecular flexibility index (Phi) is 4.25. The molecule has 0 spiro atoms. The van der Waals surface area contributed by atoms with E-state index in [-0.39, 0.29) is 12.2 Å². The first-order chi connectivity index (χ1) is 9.62. The summed E-state index contributed by atoms with van der Waals surface area (Å²) in [5.41, 5.74) is 3.03. The zero-order chi connectivity index (χ0) is 14.7. The van der Waals surface area contributed by atoms with Crippen molar-refractivity contribution in [2.45, 2.75) is 27.0 Å². The molecule has 0 atom stereocenters. The molecule has 0 aliphatic carbocycles. The fourth-order valence-corrected chi connectivity index (χ4v) is 2.31.